The van der Waals surface area contributed by atoms with Crippen LogP contribution in [0.25, 0.3) is 0 Å². The molecule has 124 valence electrons. The molecule has 2 rings (SSSR count). The smallest absolute Gasteiger partial charge is 0.263 e. The monoisotopic (exact) mass is 338 g/mol. The van der Waals surface area contributed by atoms with Crippen molar-refractivity contribution in [2.75, 3.05) is 13.7 Å². The zero-order valence-corrected chi connectivity index (χ0v) is 14.0. The first-order valence-corrected chi connectivity index (χ1v) is 7.96. The van der Waals surface area contributed by atoms with E-state index in [2.05, 4.69) is 10.3 Å². The molecule has 0 spiro atoms. The predicted octanol–water partition coefficient (Wildman–Crippen LogP) is 2.76. The molecule has 2 atom stereocenters. The van der Waals surface area contributed by atoms with Gasteiger partial charge in [0.25, 0.3) is 5.91 Å². The minimum atomic E-state index is -0.898. The molecule has 0 saturated carbocycles. The van der Waals surface area contributed by atoms with E-state index in [0.29, 0.717) is 16.1 Å². The van der Waals surface area contributed by atoms with Crippen molar-refractivity contribution in [3.63, 3.8) is 0 Å². The number of thiazole rings is 1. The van der Waals surface area contributed by atoms with Crippen LogP contribution in [0.15, 0.2) is 24.3 Å². The highest BCUT2D eigenvalue weighted by molar-refractivity contribution is 7.13. The van der Waals surface area contributed by atoms with Crippen LogP contribution in [0.5, 0.6) is 0 Å². The lowest BCUT2D eigenvalue weighted by Gasteiger charge is -2.12. The number of halogens is 1. The van der Waals surface area contributed by atoms with Crippen LogP contribution < -0.4 is 5.32 Å². The number of aliphatic hydroxyl groups is 1. The van der Waals surface area contributed by atoms with E-state index in [1.807, 2.05) is 6.92 Å². The number of carbonyl (C=O) groups excluding carboxylic acids is 1. The van der Waals surface area contributed by atoms with E-state index in [1.165, 1.54) is 35.6 Å². The molecule has 2 aromatic rings. The number of aryl methyl sites for hydroxylation is 1. The third-order valence-electron chi connectivity index (χ3n) is 3.43. The van der Waals surface area contributed by atoms with Crippen molar-refractivity contribution in [2.24, 2.45) is 0 Å². The van der Waals surface area contributed by atoms with Gasteiger partial charge in [-0.1, -0.05) is 12.1 Å². The van der Waals surface area contributed by atoms with Gasteiger partial charge in [-0.15, -0.1) is 11.3 Å². The van der Waals surface area contributed by atoms with E-state index < -0.39 is 6.10 Å². The number of amides is 1. The lowest BCUT2D eigenvalue weighted by Crippen LogP contribution is -2.28. The molecule has 1 aromatic heterocycles. The van der Waals surface area contributed by atoms with Gasteiger partial charge in [0.2, 0.25) is 0 Å². The number of carbonyl (C=O) groups is 1. The van der Waals surface area contributed by atoms with E-state index in [0.717, 1.165) is 5.01 Å². The molecule has 2 N–H and O–H groups in total. The van der Waals surface area contributed by atoms with Gasteiger partial charge >= 0.3 is 0 Å². The van der Waals surface area contributed by atoms with Crippen molar-refractivity contribution >= 4 is 17.2 Å². The van der Waals surface area contributed by atoms with E-state index in [1.54, 1.807) is 14.0 Å². The minimum absolute atomic E-state index is 0.0387. The maximum atomic E-state index is 12.9. The number of methoxy groups -OCH3 is 1. The quantitative estimate of drug-likeness (QED) is 0.849. The van der Waals surface area contributed by atoms with Crippen molar-refractivity contribution in [3.05, 3.63) is 51.2 Å². The Morgan fingerprint density at radius 1 is 1.43 bits per heavy atom. The Hall–Kier alpha value is -1.83. The highest BCUT2D eigenvalue weighted by Gasteiger charge is 2.19. The van der Waals surface area contributed by atoms with Crippen molar-refractivity contribution in [1.29, 1.82) is 0 Å². The second kappa shape index (κ2) is 7.63. The van der Waals surface area contributed by atoms with Crippen LogP contribution in [0.1, 0.15) is 45.1 Å². The Morgan fingerprint density at radius 3 is 2.70 bits per heavy atom. The number of aliphatic hydroxyl groups excluding tert-OH is 1. The molecule has 1 amide bonds. The van der Waals surface area contributed by atoms with Gasteiger partial charge in [-0.05, 0) is 31.5 Å². The summed E-state index contributed by atoms with van der Waals surface area (Å²) in [5.74, 6) is -0.666. The van der Waals surface area contributed by atoms with E-state index in [4.69, 9.17) is 4.74 Å². The summed E-state index contributed by atoms with van der Waals surface area (Å²) in [5.41, 5.74) is 1.17. The Labute approximate surface area is 138 Å². The largest absolute Gasteiger partial charge is 0.387 e. The normalized spacial score (nSPS) is 13.6. The fourth-order valence-corrected chi connectivity index (χ4v) is 2.99. The summed E-state index contributed by atoms with van der Waals surface area (Å²) in [4.78, 5) is 17.0. The molecule has 1 aromatic carbocycles. The van der Waals surface area contributed by atoms with Gasteiger partial charge in [-0.25, -0.2) is 9.37 Å². The number of rotatable bonds is 6. The van der Waals surface area contributed by atoms with Crippen LogP contribution >= 0.6 is 11.3 Å². The molecular formula is C16H19FN2O3S. The first kappa shape index (κ1) is 17.5. The Kier molecular flexibility index (Phi) is 5.81. The van der Waals surface area contributed by atoms with E-state index in [-0.39, 0.29) is 24.4 Å². The third kappa shape index (κ3) is 4.34. The highest BCUT2D eigenvalue weighted by Crippen LogP contribution is 2.25. The minimum Gasteiger partial charge on any atom is -0.387 e. The van der Waals surface area contributed by atoms with E-state index >= 15 is 0 Å². The first-order valence-electron chi connectivity index (χ1n) is 7.14. The molecule has 0 saturated heterocycles. The van der Waals surface area contributed by atoms with Gasteiger partial charge in [-0.3, -0.25) is 4.79 Å². The SMILES string of the molecule is COC(C)c1nc(C)c(C(=O)NCC(O)c2ccc(F)cc2)s1. The topological polar surface area (TPSA) is 71.5 Å². The fourth-order valence-electron chi connectivity index (χ4n) is 1.98. The van der Waals surface area contributed by atoms with Gasteiger partial charge < -0.3 is 15.2 Å². The lowest BCUT2D eigenvalue weighted by atomic mass is 10.1. The second-order valence-corrected chi connectivity index (χ2v) is 6.15. The molecule has 0 fully saturated rings. The summed E-state index contributed by atoms with van der Waals surface area (Å²) in [5, 5.41) is 13.4. The van der Waals surface area contributed by atoms with Crippen molar-refractivity contribution in [3.8, 4) is 0 Å². The summed E-state index contributed by atoms with van der Waals surface area (Å²) < 4.78 is 18.1. The summed E-state index contributed by atoms with van der Waals surface area (Å²) in [6.07, 6.45) is -1.07. The molecule has 5 nitrogen and oxygen atoms in total. The van der Waals surface area contributed by atoms with Crippen LogP contribution in [0, 0.1) is 12.7 Å². The molecule has 2 unspecified atom stereocenters. The summed E-state index contributed by atoms with van der Waals surface area (Å²) in [7, 11) is 1.58. The zero-order chi connectivity index (χ0) is 17.0. The van der Waals surface area contributed by atoms with E-state index in [9.17, 15) is 14.3 Å². The molecule has 0 bridgehead atoms. The molecule has 1 heterocycles. The van der Waals surface area contributed by atoms with Crippen LogP contribution in [0.4, 0.5) is 4.39 Å². The number of benzene rings is 1. The van der Waals surface area contributed by atoms with Gasteiger partial charge in [0.05, 0.1) is 11.8 Å². The second-order valence-electron chi connectivity index (χ2n) is 5.12. The average Bonchev–Trinajstić information content (AvgIpc) is 2.94. The average molecular weight is 338 g/mol. The van der Waals surface area contributed by atoms with Gasteiger partial charge in [0.1, 0.15) is 21.8 Å². The van der Waals surface area contributed by atoms with Crippen molar-refractivity contribution in [2.45, 2.75) is 26.1 Å². The maximum Gasteiger partial charge on any atom is 0.263 e. The molecule has 23 heavy (non-hydrogen) atoms. The number of nitrogens with one attached hydrogen (secondary N) is 1. The van der Waals surface area contributed by atoms with Crippen LogP contribution in [-0.4, -0.2) is 29.7 Å². The maximum absolute atomic E-state index is 12.9. The Morgan fingerprint density at radius 2 is 2.09 bits per heavy atom. The summed E-state index contributed by atoms with van der Waals surface area (Å²) in [6, 6.07) is 5.52. The lowest BCUT2D eigenvalue weighted by molar-refractivity contribution is 0.0919. The Bertz CT molecular complexity index is 672. The van der Waals surface area contributed by atoms with Crippen LogP contribution in [-0.2, 0) is 4.74 Å². The predicted molar refractivity (Wildman–Crippen MR) is 86.0 cm³/mol. The van der Waals surface area contributed by atoms with Crippen molar-refractivity contribution < 1.29 is 19.0 Å². The van der Waals surface area contributed by atoms with Gasteiger partial charge in [-0.2, -0.15) is 0 Å². The molecule has 0 aliphatic carbocycles. The van der Waals surface area contributed by atoms with Gasteiger partial charge in [0, 0.05) is 13.7 Å². The number of hydrogen-bond acceptors (Lipinski definition) is 5. The standard InChI is InChI=1S/C16H19FN2O3S/c1-9-14(23-16(19-9)10(2)22-3)15(21)18-8-13(20)11-4-6-12(17)7-5-11/h4-7,10,13,20H,8H2,1-3H3,(H,18,21). The summed E-state index contributed by atoms with van der Waals surface area (Å²) in [6.45, 7) is 3.66. The van der Waals surface area contributed by atoms with Gasteiger partial charge in [0.15, 0.2) is 0 Å². The highest BCUT2D eigenvalue weighted by atomic mass is 32.1. The number of hydrogen-bond donors (Lipinski definition) is 2. The van der Waals surface area contributed by atoms with Crippen molar-refractivity contribution in [1.82, 2.24) is 10.3 Å². The first-order chi connectivity index (χ1) is 10.9. The molecule has 7 heteroatoms. The molecular weight excluding hydrogens is 319 g/mol. The van der Waals surface area contributed by atoms with Crippen LogP contribution in [0.2, 0.25) is 0 Å². The number of ether oxygens (including phenoxy) is 1. The molecule has 0 radical (unpaired) electrons. The number of nitrogens with zero attached hydrogens (tertiary/aromatic N) is 1. The molecule has 0 aliphatic rings. The third-order valence-corrected chi connectivity index (χ3v) is 4.75. The number of aromatic nitrogens is 1. The fraction of sp³-hybridized carbons (Fsp3) is 0.375. The van der Waals surface area contributed by atoms with Crippen LogP contribution in [0.3, 0.4) is 0 Å². The Balaban J connectivity index is 1.99. The molecule has 0 aliphatic heterocycles. The zero-order valence-electron chi connectivity index (χ0n) is 13.2. The summed E-state index contributed by atoms with van der Waals surface area (Å²) >= 11 is 1.27.